The molecule has 0 atom stereocenters. The lowest BCUT2D eigenvalue weighted by molar-refractivity contribution is -0.137. The van der Waals surface area contributed by atoms with Crippen molar-refractivity contribution in [2.45, 2.75) is 33.4 Å². The maximum Gasteiger partial charge on any atom is 0.418 e. The lowest BCUT2D eigenvalue weighted by atomic mass is 10.0. The Morgan fingerprint density at radius 3 is 2.38 bits per heavy atom. The molecule has 0 unspecified atom stereocenters. The first-order valence-electron chi connectivity index (χ1n) is 7.10. The molecular weight excluding hydrogens is 281 g/mol. The number of carbonyl (C=O) groups excluding carboxylic acids is 1. The molecule has 0 saturated heterocycles. The van der Waals surface area contributed by atoms with E-state index < -0.39 is 11.7 Å². The second-order valence-electron chi connectivity index (χ2n) is 4.64. The highest BCUT2D eigenvalue weighted by molar-refractivity contribution is 6.00. The largest absolute Gasteiger partial charge is 0.418 e. The van der Waals surface area contributed by atoms with Gasteiger partial charge in [-0.1, -0.05) is 13.0 Å². The van der Waals surface area contributed by atoms with Gasteiger partial charge in [0, 0.05) is 19.6 Å². The Labute approximate surface area is 123 Å². The van der Waals surface area contributed by atoms with Crippen LogP contribution in [0.25, 0.3) is 0 Å². The molecule has 1 rings (SSSR count). The molecule has 6 heteroatoms. The van der Waals surface area contributed by atoms with Crippen LogP contribution in [0.4, 0.5) is 18.9 Å². The Kier molecular flexibility index (Phi) is 6.05. The van der Waals surface area contributed by atoms with Crippen molar-refractivity contribution in [3.05, 3.63) is 29.3 Å². The minimum absolute atomic E-state index is 0.0713. The summed E-state index contributed by atoms with van der Waals surface area (Å²) < 4.78 is 39.2. The molecule has 21 heavy (non-hydrogen) atoms. The maximum atomic E-state index is 13.1. The van der Waals surface area contributed by atoms with Crippen LogP contribution in [0.2, 0.25) is 0 Å². The van der Waals surface area contributed by atoms with Gasteiger partial charge >= 0.3 is 6.18 Å². The van der Waals surface area contributed by atoms with Crippen molar-refractivity contribution in [3.63, 3.8) is 0 Å². The molecular formula is C15H21F3N2O. The van der Waals surface area contributed by atoms with Crippen molar-refractivity contribution in [1.82, 2.24) is 4.90 Å². The van der Waals surface area contributed by atoms with E-state index in [0.29, 0.717) is 19.6 Å². The number of rotatable bonds is 6. The van der Waals surface area contributed by atoms with E-state index in [1.165, 1.54) is 12.1 Å². The van der Waals surface area contributed by atoms with Crippen LogP contribution in [0.3, 0.4) is 0 Å². The van der Waals surface area contributed by atoms with E-state index in [9.17, 15) is 18.0 Å². The van der Waals surface area contributed by atoms with Gasteiger partial charge in [0.05, 0.1) is 16.8 Å². The van der Waals surface area contributed by atoms with E-state index >= 15 is 0 Å². The van der Waals surface area contributed by atoms with Gasteiger partial charge in [-0.05, 0) is 32.4 Å². The second kappa shape index (κ2) is 7.33. The van der Waals surface area contributed by atoms with Gasteiger partial charge in [-0.2, -0.15) is 13.2 Å². The number of benzene rings is 1. The van der Waals surface area contributed by atoms with Crippen molar-refractivity contribution in [3.8, 4) is 0 Å². The van der Waals surface area contributed by atoms with Gasteiger partial charge in [0.1, 0.15) is 0 Å². The van der Waals surface area contributed by atoms with Crippen molar-refractivity contribution in [2.24, 2.45) is 0 Å². The Morgan fingerprint density at radius 1 is 1.24 bits per heavy atom. The third-order valence-corrected chi connectivity index (χ3v) is 3.12. The monoisotopic (exact) mass is 302 g/mol. The summed E-state index contributed by atoms with van der Waals surface area (Å²) in [5.74, 6) is -0.374. The molecule has 0 saturated carbocycles. The highest BCUT2D eigenvalue weighted by Crippen LogP contribution is 2.37. The first-order chi connectivity index (χ1) is 9.86. The number of hydrogen-bond donors (Lipinski definition) is 1. The third-order valence-electron chi connectivity index (χ3n) is 3.12. The van der Waals surface area contributed by atoms with E-state index in [-0.39, 0.29) is 17.2 Å². The molecule has 1 amide bonds. The van der Waals surface area contributed by atoms with Gasteiger partial charge in [-0.15, -0.1) is 0 Å². The molecule has 1 aromatic rings. The summed E-state index contributed by atoms with van der Waals surface area (Å²) in [5, 5.41) is 2.69. The van der Waals surface area contributed by atoms with Gasteiger partial charge in [0.25, 0.3) is 5.91 Å². The van der Waals surface area contributed by atoms with Crippen LogP contribution in [0.5, 0.6) is 0 Å². The Balaban J connectivity index is 3.31. The van der Waals surface area contributed by atoms with E-state index in [0.717, 1.165) is 12.5 Å². The standard InChI is InChI=1S/C15H21F3N2O/c1-4-10-20(6-3)14(21)11-8-7-9-12(15(16,17)18)13(11)19-5-2/h7-9,19H,4-6,10H2,1-3H3. The summed E-state index contributed by atoms with van der Waals surface area (Å²) in [7, 11) is 0. The van der Waals surface area contributed by atoms with Crippen LogP contribution in [0.1, 0.15) is 43.1 Å². The summed E-state index contributed by atoms with van der Waals surface area (Å²) in [6.07, 6.45) is -3.73. The summed E-state index contributed by atoms with van der Waals surface area (Å²) in [6.45, 7) is 6.74. The molecule has 1 aromatic carbocycles. The van der Waals surface area contributed by atoms with Crippen molar-refractivity contribution in [1.29, 1.82) is 0 Å². The van der Waals surface area contributed by atoms with Crippen molar-refractivity contribution < 1.29 is 18.0 Å². The fraction of sp³-hybridized carbons (Fsp3) is 0.533. The molecule has 0 spiro atoms. The molecule has 0 aliphatic carbocycles. The number of anilines is 1. The van der Waals surface area contributed by atoms with Gasteiger partial charge in [-0.25, -0.2) is 0 Å². The zero-order valence-electron chi connectivity index (χ0n) is 12.5. The normalized spacial score (nSPS) is 11.3. The topological polar surface area (TPSA) is 32.3 Å². The predicted octanol–water partition coefficient (Wildman–Crippen LogP) is 4.01. The molecule has 1 N–H and O–H groups in total. The number of hydrogen-bond acceptors (Lipinski definition) is 2. The van der Waals surface area contributed by atoms with E-state index in [1.54, 1.807) is 11.8 Å². The average molecular weight is 302 g/mol. The lowest BCUT2D eigenvalue weighted by Gasteiger charge is -2.23. The van der Waals surface area contributed by atoms with Gasteiger partial charge < -0.3 is 10.2 Å². The van der Waals surface area contributed by atoms with Crippen LogP contribution < -0.4 is 5.32 Å². The Hall–Kier alpha value is -1.72. The third kappa shape index (κ3) is 4.12. The molecule has 0 aliphatic rings. The SMILES string of the molecule is CCCN(CC)C(=O)c1cccc(C(F)(F)F)c1NCC. The number of alkyl halides is 3. The van der Waals surface area contributed by atoms with Crippen LogP contribution in [-0.2, 0) is 6.18 Å². The van der Waals surface area contributed by atoms with Crippen molar-refractivity contribution >= 4 is 11.6 Å². The smallest absolute Gasteiger partial charge is 0.384 e. The highest BCUT2D eigenvalue weighted by atomic mass is 19.4. The van der Waals surface area contributed by atoms with Crippen LogP contribution >= 0.6 is 0 Å². The van der Waals surface area contributed by atoms with Gasteiger partial charge in [0.2, 0.25) is 0 Å². The number of nitrogens with one attached hydrogen (secondary N) is 1. The van der Waals surface area contributed by atoms with E-state index in [4.69, 9.17) is 0 Å². The zero-order valence-corrected chi connectivity index (χ0v) is 12.5. The summed E-state index contributed by atoms with van der Waals surface area (Å²) in [6, 6.07) is 3.70. The summed E-state index contributed by atoms with van der Waals surface area (Å²) in [5.41, 5.74) is -0.864. The Bertz CT molecular complexity index is 486. The average Bonchev–Trinajstić information content (AvgIpc) is 2.43. The minimum Gasteiger partial charge on any atom is -0.384 e. The zero-order chi connectivity index (χ0) is 16.0. The highest BCUT2D eigenvalue weighted by Gasteiger charge is 2.35. The minimum atomic E-state index is -4.49. The quantitative estimate of drug-likeness (QED) is 0.861. The number of amides is 1. The van der Waals surface area contributed by atoms with Crippen LogP contribution in [0.15, 0.2) is 18.2 Å². The predicted molar refractivity (Wildman–Crippen MR) is 77.5 cm³/mol. The number of para-hydroxylation sites is 1. The molecule has 0 aromatic heterocycles. The fourth-order valence-electron chi connectivity index (χ4n) is 2.18. The molecule has 0 radical (unpaired) electrons. The first-order valence-corrected chi connectivity index (χ1v) is 7.10. The van der Waals surface area contributed by atoms with Gasteiger partial charge in [0.15, 0.2) is 0 Å². The van der Waals surface area contributed by atoms with E-state index in [2.05, 4.69) is 5.32 Å². The molecule has 0 aliphatic heterocycles. The molecule has 0 bridgehead atoms. The maximum absolute atomic E-state index is 13.1. The van der Waals surface area contributed by atoms with E-state index in [1.807, 2.05) is 13.8 Å². The number of carbonyl (C=O) groups is 1. The number of nitrogens with zero attached hydrogens (tertiary/aromatic N) is 1. The first kappa shape index (κ1) is 17.3. The molecule has 3 nitrogen and oxygen atoms in total. The fourth-order valence-corrected chi connectivity index (χ4v) is 2.18. The Morgan fingerprint density at radius 2 is 1.90 bits per heavy atom. The number of halogens is 3. The second-order valence-corrected chi connectivity index (χ2v) is 4.64. The van der Waals surface area contributed by atoms with Gasteiger partial charge in [-0.3, -0.25) is 4.79 Å². The van der Waals surface area contributed by atoms with Crippen molar-refractivity contribution in [2.75, 3.05) is 25.0 Å². The molecule has 118 valence electrons. The van der Waals surface area contributed by atoms with Crippen LogP contribution in [-0.4, -0.2) is 30.4 Å². The summed E-state index contributed by atoms with van der Waals surface area (Å²) in [4.78, 5) is 14.0. The lowest BCUT2D eigenvalue weighted by Crippen LogP contribution is -2.32. The molecule has 0 fully saturated rings. The molecule has 0 heterocycles. The summed E-state index contributed by atoms with van der Waals surface area (Å²) >= 11 is 0. The van der Waals surface area contributed by atoms with Crippen LogP contribution in [0, 0.1) is 0 Å².